The van der Waals surface area contributed by atoms with Gasteiger partial charge in [0.2, 0.25) is 5.91 Å². The minimum absolute atomic E-state index is 0.0120. The smallest absolute Gasteiger partial charge is 0.251 e. The number of nitrogens with zero attached hydrogens (tertiary/aromatic N) is 1. The lowest BCUT2D eigenvalue weighted by Gasteiger charge is -2.32. The number of hydrogen-bond acceptors (Lipinski definition) is 3. The van der Waals surface area contributed by atoms with Crippen molar-refractivity contribution in [1.29, 1.82) is 0 Å². The highest BCUT2D eigenvalue weighted by Crippen LogP contribution is 2.16. The first-order chi connectivity index (χ1) is 14.0. The summed E-state index contributed by atoms with van der Waals surface area (Å²) < 4.78 is 0. The highest BCUT2D eigenvalue weighted by Gasteiger charge is 2.22. The lowest BCUT2D eigenvalue weighted by atomic mass is 10.0. The van der Waals surface area contributed by atoms with Gasteiger partial charge in [0.25, 0.3) is 5.91 Å². The Labute approximate surface area is 177 Å². The molecule has 2 aromatic rings. The van der Waals surface area contributed by atoms with E-state index >= 15 is 0 Å². The molecule has 0 aromatic heterocycles. The fourth-order valence-electron chi connectivity index (χ4n) is 3.60. The Morgan fingerprint density at radius 3 is 2.38 bits per heavy atom. The van der Waals surface area contributed by atoms with Crippen molar-refractivity contribution < 1.29 is 9.59 Å². The average Bonchev–Trinajstić information content (AvgIpc) is 2.71. The predicted octanol–water partition coefficient (Wildman–Crippen LogP) is 3.63. The van der Waals surface area contributed by atoms with Gasteiger partial charge in [0.15, 0.2) is 0 Å². The van der Waals surface area contributed by atoms with Crippen LogP contribution in [0.25, 0.3) is 0 Å². The molecular weight excluding hydrogens is 386 g/mol. The monoisotopic (exact) mass is 413 g/mol. The van der Waals surface area contributed by atoms with Crippen LogP contribution >= 0.6 is 11.6 Å². The van der Waals surface area contributed by atoms with Crippen molar-refractivity contribution in [1.82, 2.24) is 15.5 Å². The zero-order valence-electron chi connectivity index (χ0n) is 16.7. The van der Waals surface area contributed by atoms with E-state index in [9.17, 15) is 9.59 Å². The number of halogens is 1. The van der Waals surface area contributed by atoms with E-state index in [-0.39, 0.29) is 30.3 Å². The largest absolute Gasteiger partial charge is 0.353 e. The maximum Gasteiger partial charge on any atom is 0.251 e. The fourth-order valence-corrected chi connectivity index (χ4v) is 3.72. The van der Waals surface area contributed by atoms with Crippen LogP contribution in [0.2, 0.25) is 5.02 Å². The molecule has 0 spiro atoms. The van der Waals surface area contributed by atoms with E-state index in [1.807, 2.05) is 37.3 Å². The normalized spacial score (nSPS) is 16.2. The molecule has 1 aliphatic rings. The summed E-state index contributed by atoms with van der Waals surface area (Å²) in [6, 6.07) is 17.0. The molecule has 5 nitrogen and oxygen atoms in total. The van der Waals surface area contributed by atoms with E-state index in [0.717, 1.165) is 37.5 Å². The van der Waals surface area contributed by atoms with Gasteiger partial charge in [0.05, 0.1) is 0 Å². The minimum atomic E-state index is -0.215. The molecule has 1 unspecified atom stereocenters. The second-order valence-corrected chi connectivity index (χ2v) is 8.13. The molecule has 3 rings (SSSR count). The Balaban J connectivity index is 1.37. The van der Waals surface area contributed by atoms with Crippen LogP contribution in [0.1, 0.15) is 42.1 Å². The van der Waals surface area contributed by atoms with E-state index in [2.05, 4.69) is 27.7 Å². The molecule has 0 bridgehead atoms. The Morgan fingerprint density at radius 1 is 1.07 bits per heavy atom. The summed E-state index contributed by atoms with van der Waals surface area (Å²) in [5.74, 6) is -0.163. The van der Waals surface area contributed by atoms with Crippen molar-refractivity contribution in [3.8, 4) is 0 Å². The first-order valence-electron chi connectivity index (χ1n) is 10.1. The molecule has 1 atom stereocenters. The van der Waals surface area contributed by atoms with Crippen molar-refractivity contribution in [3.63, 3.8) is 0 Å². The number of benzene rings is 2. The number of amides is 2. The third kappa shape index (κ3) is 6.87. The van der Waals surface area contributed by atoms with Crippen LogP contribution in [0.15, 0.2) is 54.6 Å². The number of rotatable bonds is 7. The minimum Gasteiger partial charge on any atom is -0.353 e. The predicted molar refractivity (Wildman–Crippen MR) is 116 cm³/mol. The summed E-state index contributed by atoms with van der Waals surface area (Å²) in [5.41, 5.74) is 1.85. The topological polar surface area (TPSA) is 61.4 Å². The summed E-state index contributed by atoms with van der Waals surface area (Å²) in [7, 11) is 0. The third-order valence-corrected chi connectivity index (χ3v) is 5.43. The molecule has 0 radical (unpaired) electrons. The summed E-state index contributed by atoms with van der Waals surface area (Å²) in [6.07, 6.45) is 2.15. The number of carbonyl (C=O) groups is 2. The number of carbonyl (C=O) groups excluding carboxylic acids is 2. The van der Waals surface area contributed by atoms with Crippen LogP contribution in [0.3, 0.4) is 0 Å². The van der Waals surface area contributed by atoms with Crippen molar-refractivity contribution in [2.75, 3.05) is 13.1 Å². The van der Waals surface area contributed by atoms with Crippen LogP contribution in [-0.4, -0.2) is 41.9 Å². The van der Waals surface area contributed by atoms with Crippen LogP contribution in [0.4, 0.5) is 0 Å². The van der Waals surface area contributed by atoms with Gasteiger partial charge in [-0.2, -0.15) is 0 Å². The Hall–Kier alpha value is -2.37. The van der Waals surface area contributed by atoms with Gasteiger partial charge in [-0.3, -0.25) is 14.5 Å². The van der Waals surface area contributed by atoms with Crippen molar-refractivity contribution in [2.24, 2.45) is 0 Å². The van der Waals surface area contributed by atoms with E-state index in [4.69, 9.17) is 11.6 Å². The van der Waals surface area contributed by atoms with Gasteiger partial charge < -0.3 is 10.6 Å². The maximum atomic E-state index is 12.4. The Morgan fingerprint density at radius 2 is 1.72 bits per heavy atom. The number of piperidine rings is 1. The quantitative estimate of drug-likeness (QED) is 0.728. The van der Waals surface area contributed by atoms with Crippen LogP contribution < -0.4 is 10.6 Å². The van der Waals surface area contributed by atoms with Gasteiger partial charge in [-0.05, 0) is 49.6 Å². The molecular formula is C23H28ClN3O2. The van der Waals surface area contributed by atoms with E-state index in [1.165, 1.54) is 5.56 Å². The van der Waals surface area contributed by atoms with Gasteiger partial charge in [-0.15, -0.1) is 0 Å². The molecule has 2 amide bonds. The van der Waals surface area contributed by atoms with E-state index in [0.29, 0.717) is 5.56 Å². The van der Waals surface area contributed by atoms with E-state index in [1.54, 1.807) is 12.1 Å². The third-order valence-electron chi connectivity index (χ3n) is 5.18. The molecule has 29 heavy (non-hydrogen) atoms. The van der Waals surface area contributed by atoms with Gasteiger partial charge >= 0.3 is 0 Å². The zero-order chi connectivity index (χ0) is 20.6. The Kier molecular flexibility index (Phi) is 7.67. The number of hydrogen-bond donors (Lipinski definition) is 2. The van der Waals surface area contributed by atoms with Crippen LogP contribution in [0.5, 0.6) is 0 Å². The first kappa shape index (κ1) is 21.3. The zero-order valence-corrected chi connectivity index (χ0v) is 17.5. The molecule has 1 aliphatic heterocycles. The molecule has 0 aliphatic carbocycles. The number of nitrogens with one attached hydrogen (secondary N) is 2. The fraction of sp³-hybridized carbons (Fsp3) is 0.391. The molecule has 1 saturated heterocycles. The second kappa shape index (κ2) is 10.4. The van der Waals surface area contributed by atoms with Crippen molar-refractivity contribution in [3.05, 3.63) is 70.7 Å². The summed E-state index contributed by atoms with van der Waals surface area (Å²) in [5, 5.41) is 6.76. The molecule has 154 valence electrons. The molecule has 1 heterocycles. The van der Waals surface area contributed by atoms with Crippen molar-refractivity contribution in [2.45, 2.75) is 44.8 Å². The highest BCUT2D eigenvalue weighted by atomic mass is 35.5. The molecule has 6 heteroatoms. The van der Waals surface area contributed by atoms with Crippen LogP contribution in [-0.2, 0) is 11.3 Å². The molecule has 0 saturated carbocycles. The summed E-state index contributed by atoms with van der Waals surface area (Å²) >= 11 is 5.94. The SMILES string of the molecule is CC(CC(=O)NC1CCN(Cc2ccc(Cl)cc2)CC1)NC(=O)c1ccccc1. The molecule has 2 N–H and O–H groups in total. The first-order valence-corrected chi connectivity index (χ1v) is 10.5. The lowest BCUT2D eigenvalue weighted by molar-refractivity contribution is -0.122. The van der Waals surface area contributed by atoms with Gasteiger partial charge in [0.1, 0.15) is 0 Å². The second-order valence-electron chi connectivity index (χ2n) is 7.69. The summed E-state index contributed by atoms with van der Waals surface area (Å²) in [4.78, 5) is 26.9. The van der Waals surface area contributed by atoms with E-state index < -0.39 is 0 Å². The molecule has 2 aromatic carbocycles. The average molecular weight is 414 g/mol. The van der Waals surface area contributed by atoms with Gasteiger partial charge in [-0.25, -0.2) is 0 Å². The van der Waals surface area contributed by atoms with Crippen molar-refractivity contribution >= 4 is 23.4 Å². The highest BCUT2D eigenvalue weighted by molar-refractivity contribution is 6.30. The van der Waals surface area contributed by atoms with Gasteiger partial charge in [0, 0.05) is 48.7 Å². The van der Waals surface area contributed by atoms with Crippen LogP contribution in [0, 0.1) is 0 Å². The van der Waals surface area contributed by atoms with Gasteiger partial charge in [-0.1, -0.05) is 41.9 Å². The number of likely N-dealkylation sites (tertiary alicyclic amines) is 1. The lowest BCUT2D eigenvalue weighted by Crippen LogP contribution is -2.46. The maximum absolute atomic E-state index is 12.4. The molecule has 1 fully saturated rings. The summed E-state index contributed by atoms with van der Waals surface area (Å²) in [6.45, 7) is 4.66. The standard InChI is InChI=1S/C23H28ClN3O2/c1-17(25-23(29)19-5-3-2-4-6-19)15-22(28)26-21-11-13-27(14-12-21)16-18-7-9-20(24)10-8-18/h2-10,17,21H,11-16H2,1H3,(H,25,29)(H,26,28). The Bertz CT molecular complexity index is 803.